The highest BCUT2D eigenvalue weighted by Crippen LogP contribution is 2.44. The Balaban J connectivity index is 1.72. The molecule has 0 saturated carbocycles. The summed E-state index contributed by atoms with van der Waals surface area (Å²) in [5.74, 6) is 0.173. The molecule has 28 heavy (non-hydrogen) atoms. The summed E-state index contributed by atoms with van der Waals surface area (Å²) in [6.45, 7) is 4.02. The number of nitrogens with one attached hydrogen (secondary N) is 1. The van der Waals surface area contributed by atoms with Crippen molar-refractivity contribution in [2.75, 3.05) is 18.4 Å². The Kier molecular flexibility index (Phi) is 5.00. The molecule has 4 rings (SSSR count). The molecule has 1 saturated heterocycles. The Labute approximate surface area is 163 Å². The Morgan fingerprint density at radius 3 is 2.61 bits per heavy atom. The van der Waals surface area contributed by atoms with Gasteiger partial charge in [0.25, 0.3) is 11.6 Å². The van der Waals surface area contributed by atoms with E-state index in [9.17, 15) is 14.9 Å². The number of hydrogen-bond acceptors (Lipinski definition) is 5. The van der Waals surface area contributed by atoms with Crippen LogP contribution in [-0.2, 0) is 0 Å². The second-order valence-electron chi connectivity index (χ2n) is 7.41. The van der Waals surface area contributed by atoms with Crippen molar-refractivity contribution in [3.05, 3.63) is 63.7 Å². The SMILES string of the molecule is CC1CC(N2CCCC2)c2cc(NC(=O)c3ccccc3)c([N+](=O)[O-])cc2O1. The van der Waals surface area contributed by atoms with E-state index >= 15 is 0 Å². The Morgan fingerprint density at radius 1 is 1.21 bits per heavy atom. The Hall–Kier alpha value is -2.93. The number of rotatable bonds is 4. The van der Waals surface area contributed by atoms with Crippen LogP contribution in [0.2, 0.25) is 0 Å². The van der Waals surface area contributed by atoms with Crippen LogP contribution in [0.1, 0.15) is 48.1 Å². The summed E-state index contributed by atoms with van der Waals surface area (Å²) in [4.78, 5) is 26.1. The maximum atomic E-state index is 12.6. The van der Waals surface area contributed by atoms with Crippen molar-refractivity contribution in [1.29, 1.82) is 0 Å². The monoisotopic (exact) mass is 381 g/mol. The molecule has 1 fully saturated rings. The lowest BCUT2D eigenvalue weighted by atomic mass is 9.94. The third kappa shape index (κ3) is 3.57. The summed E-state index contributed by atoms with van der Waals surface area (Å²) < 4.78 is 5.91. The fraction of sp³-hybridized carbons (Fsp3) is 0.381. The van der Waals surface area contributed by atoms with Gasteiger partial charge in [0, 0.05) is 23.6 Å². The highest BCUT2D eigenvalue weighted by molar-refractivity contribution is 6.05. The van der Waals surface area contributed by atoms with Gasteiger partial charge in [0.15, 0.2) is 0 Å². The summed E-state index contributed by atoms with van der Waals surface area (Å²) >= 11 is 0. The fourth-order valence-corrected chi connectivity index (χ4v) is 4.09. The van der Waals surface area contributed by atoms with Crippen molar-refractivity contribution >= 4 is 17.3 Å². The van der Waals surface area contributed by atoms with Crippen molar-refractivity contribution in [3.8, 4) is 5.75 Å². The van der Waals surface area contributed by atoms with Gasteiger partial charge >= 0.3 is 0 Å². The number of anilines is 1. The molecule has 2 atom stereocenters. The molecule has 0 radical (unpaired) electrons. The van der Waals surface area contributed by atoms with E-state index in [1.807, 2.05) is 13.0 Å². The highest BCUT2D eigenvalue weighted by atomic mass is 16.6. The minimum Gasteiger partial charge on any atom is -0.490 e. The van der Waals surface area contributed by atoms with E-state index in [4.69, 9.17) is 4.74 Å². The maximum absolute atomic E-state index is 12.6. The molecule has 0 spiro atoms. The van der Waals surface area contributed by atoms with E-state index in [2.05, 4.69) is 10.2 Å². The number of likely N-dealkylation sites (tertiary alicyclic amines) is 1. The molecule has 146 valence electrons. The van der Waals surface area contributed by atoms with Gasteiger partial charge in [-0.2, -0.15) is 0 Å². The number of carbonyl (C=O) groups is 1. The third-order valence-corrected chi connectivity index (χ3v) is 5.43. The normalized spacial score (nSPS) is 21.6. The largest absolute Gasteiger partial charge is 0.490 e. The lowest BCUT2D eigenvalue weighted by molar-refractivity contribution is -0.384. The summed E-state index contributed by atoms with van der Waals surface area (Å²) in [6, 6.07) is 12.0. The Morgan fingerprint density at radius 2 is 1.93 bits per heavy atom. The van der Waals surface area contributed by atoms with Crippen LogP contribution >= 0.6 is 0 Å². The number of nitrogens with zero attached hydrogens (tertiary/aromatic N) is 2. The molecule has 7 heteroatoms. The van der Waals surface area contributed by atoms with Gasteiger partial charge in [-0.3, -0.25) is 19.8 Å². The van der Waals surface area contributed by atoms with Gasteiger partial charge in [-0.25, -0.2) is 0 Å². The molecule has 2 aliphatic rings. The van der Waals surface area contributed by atoms with E-state index in [1.54, 1.807) is 30.3 Å². The van der Waals surface area contributed by atoms with Gasteiger partial charge in [-0.15, -0.1) is 0 Å². The molecule has 2 unspecified atom stereocenters. The van der Waals surface area contributed by atoms with Gasteiger partial charge < -0.3 is 10.1 Å². The molecule has 2 aromatic carbocycles. The van der Waals surface area contributed by atoms with E-state index in [-0.39, 0.29) is 29.4 Å². The standard InChI is InChI=1S/C21H23N3O4/c1-14-11-18(23-9-5-6-10-23)16-12-17(19(24(26)27)13-20(16)28-14)22-21(25)15-7-3-2-4-8-15/h2-4,7-8,12-14,18H,5-6,9-11H2,1H3,(H,22,25). The van der Waals surface area contributed by atoms with Crippen LogP contribution < -0.4 is 10.1 Å². The minimum absolute atomic E-state index is 0.0116. The number of nitro benzene ring substituents is 1. The third-order valence-electron chi connectivity index (χ3n) is 5.43. The van der Waals surface area contributed by atoms with Gasteiger partial charge in [0.1, 0.15) is 11.4 Å². The first-order valence-corrected chi connectivity index (χ1v) is 9.62. The zero-order valence-corrected chi connectivity index (χ0v) is 15.8. The first kappa shape index (κ1) is 18.4. The van der Waals surface area contributed by atoms with Crippen molar-refractivity contribution in [2.45, 2.75) is 38.3 Å². The predicted molar refractivity (Wildman–Crippen MR) is 106 cm³/mol. The minimum atomic E-state index is -0.478. The highest BCUT2D eigenvalue weighted by Gasteiger charge is 2.34. The second-order valence-corrected chi connectivity index (χ2v) is 7.41. The summed E-state index contributed by atoms with van der Waals surface area (Å²) in [5.41, 5.74) is 1.42. The molecule has 2 aliphatic heterocycles. The molecule has 0 bridgehead atoms. The molecule has 0 aromatic heterocycles. The number of hydrogen-bond donors (Lipinski definition) is 1. The van der Waals surface area contributed by atoms with Crippen LogP contribution in [0.15, 0.2) is 42.5 Å². The summed E-state index contributed by atoms with van der Waals surface area (Å²) in [5, 5.41) is 14.4. The Bertz CT molecular complexity index is 894. The number of fused-ring (bicyclic) bond motifs is 1. The number of ether oxygens (including phenoxy) is 1. The second kappa shape index (κ2) is 7.59. The van der Waals surface area contributed by atoms with Gasteiger partial charge in [-0.05, 0) is 51.1 Å². The molecule has 7 nitrogen and oxygen atoms in total. The molecular formula is C21H23N3O4. The summed E-state index contributed by atoms with van der Waals surface area (Å²) in [7, 11) is 0. The van der Waals surface area contributed by atoms with Crippen LogP contribution in [0.4, 0.5) is 11.4 Å². The molecule has 1 amide bonds. The van der Waals surface area contributed by atoms with Crippen LogP contribution in [0.5, 0.6) is 5.75 Å². The number of amides is 1. The van der Waals surface area contributed by atoms with Crippen LogP contribution in [-0.4, -0.2) is 34.9 Å². The molecular weight excluding hydrogens is 358 g/mol. The number of benzene rings is 2. The topological polar surface area (TPSA) is 84.7 Å². The smallest absolute Gasteiger partial charge is 0.296 e. The van der Waals surface area contributed by atoms with Crippen LogP contribution in [0.3, 0.4) is 0 Å². The van der Waals surface area contributed by atoms with Gasteiger partial charge in [-0.1, -0.05) is 18.2 Å². The molecule has 0 aliphatic carbocycles. The van der Waals surface area contributed by atoms with Gasteiger partial charge in [0.2, 0.25) is 0 Å². The average molecular weight is 381 g/mol. The quantitative estimate of drug-likeness (QED) is 0.635. The van der Waals surface area contributed by atoms with Crippen LogP contribution in [0.25, 0.3) is 0 Å². The van der Waals surface area contributed by atoms with Crippen molar-refractivity contribution in [3.63, 3.8) is 0 Å². The predicted octanol–water partition coefficient (Wildman–Crippen LogP) is 4.16. The first-order chi connectivity index (χ1) is 13.5. The number of nitro groups is 1. The van der Waals surface area contributed by atoms with E-state index in [1.165, 1.54) is 6.07 Å². The summed E-state index contributed by atoms with van der Waals surface area (Å²) in [6.07, 6.45) is 3.14. The van der Waals surface area contributed by atoms with E-state index in [0.717, 1.165) is 37.9 Å². The number of carbonyl (C=O) groups excluding carboxylic acids is 1. The van der Waals surface area contributed by atoms with E-state index in [0.29, 0.717) is 11.3 Å². The maximum Gasteiger partial charge on any atom is 0.296 e. The van der Waals surface area contributed by atoms with Crippen molar-refractivity contribution in [1.82, 2.24) is 4.90 Å². The average Bonchev–Trinajstić information content (AvgIpc) is 3.22. The molecule has 2 heterocycles. The first-order valence-electron chi connectivity index (χ1n) is 9.62. The zero-order valence-electron chi connectivity index (χ0n) is 15.8. The fourth-order valence-electron chi connectivity index (χ4n) is 4.09. The lowest BCUT2D eigenvalue weighted by Crippen LogP contribution is -2.33. The lowest BCUT2D eigenvalue weighted by Gasteiger charge is -2.36. The van der Waals surface area contributed by atoms with Crippen LogP contribution in [0, 0.1) is 10.1 Å². The van der Waals surface area contributed by atoms with Crippen molar-refractivity contribution < 1.29 is 14.5 Å². The van der Waals surface area contributed by atoms with Gasteiger partial charge in [0.05, 0.1) is 17.1 Å². The van der Waals surface area contributed by atoms with E-state index < -0.39 is 4.92 Å². The molecule has 1 N–H and O–H groups in total. The zero-order chi connectivity index (χ0) is 19.7. The molecule has 2 aromatic rings. The van der Waals surface area contributed by atoms with Crippen molar-refractivity contribution in [2.24, 2.45) is 0 Å².